The van der Waals surface area contributed by atoms with Gasteiger partial charge in [-0.2, -0.15) is 0 Å². The van der Waals surface area contributed by atoms with Gasteiger partial charge in [-0.25, -0.2) is 0 Å². The summed E-state index contributed by atoms with van der Waals surface area (Å²) < 4.78 is 0. The van der Waals surface area contributed by atoms with Crippen molar-refractivity contribution in [2.45, 2.75) is 18.5 Å². The number of β-amino-alcohol motifs (C(OH)–C–C–N with tert-alkyl or cyclic N) is 1. The molecule has 0 amide bonds. The molecule has 0 bridgehead atoms. The SMILES string of the molecule is CC1(NCCO)C=CC=CC1NCCO. The van der Waals surface area contributed by atoms with Crippen LogP contribution in [0.3, 0.4) is 0 Å². The lowest BCUT2D eigenvalue weighted by atomic mass is 9.88. The third kappa shape index (κ3) is 3.43. The lowest BCUT2D eigenvalue weighted by molar-refractivity contribution is 0.248. The molecule has 1 aliphatic rings. The van der Waals surface area contributed by atoms with Gasteiger partial charge in [0.2, 0.25) is 0 Å². The second-order valence-corrected chi connectivity index (χ2v) is 3.83. The van der Waals surface area contributed by atoms with E-state index in [0.717, 1.165) is 0 Å². The minimum Gasteiger partial charge on any atom is -0.395 e. The van der Waals surface area contributed by atoms with E-state index in [1.54, 1.807) is 0 Å². The molecule has 86 valence electrons. The Morgan fingerprint density at radius 3 is 2.60 bits per heavy atom. The van der Waals surface area contributed by atoms with Gasteiger partial charge in [0.1, 0.15) is 0 Å². The second-order valence-electron chi connectivity index (χ2n) is 3.83. The van der Waals surface area contributed by atoms with E-state index in [4.69, 9.17) is 10.2 Å². The predicted molar refractivity (Wildman–Crippen MR) is 60.7 cm³/mol. The van der Waals surface area contributed by atoms with Gasteiger partial charge in [0.15, 0.2) is 0 Å². The summed E-state index contributed by atoms with van der Waals surface area (Å²) in [6, 6.07) is 0.140. The van der Waals surface area contributed by atoms with Gasteiger partial charge in [0, 0.05) is 19.1 Å². The van der Waals surface area contributed by atoms with Crippen LogP contribution in [0.2, 0.25) is 0 Å². The van der Waals surface area contributed by atoms with Crippen molar-refractivity contribution in [3.63, 3.8) is 0 Å². The van der Waals surface area contributed by atoms with Crippen molar-refractivity contribution < 1.29 is 10.2 Å². The van der Waals surface area contributed by atoms with Crippen molar-refractivity contribution in [3.8, 4) is 0 Å². The Labute approximate surface area is 90.7 Å². The van der Waals surface area contributed by atoms with E-state index in [1.165, 1.54) is 0 Å². The van der Waals surface area contributed by atoms with Gasteiger partial charge in [-0.05, 0) is 6.92 Å². The highest BCUT2D eigenvalue weighted by Gasteiger charge is 2.29. The van der Waals surface area contributed by atoms with Gasteiger partial charge in [0.05, 0.1) is 18.8 Å². The van der Waals surface area contributed by atoms with Crippen LogP contribution in [0.25, 0.3) is 0 Å². The van der Waals surface area contributed by atoms with Crippen molar-refractivity contribution in [3.05, 3.63) is 24.3 Å². The molecule has 15 heavy (non-hydrogen) atoms. The van der Waals surface area contributed by atoms with Crippen molar-refractivity contribution >= 4 is 0 Å². The summed E-state index contributed by atoms with van der Waals surface area (Å²) in [6.45, 7) is 3.45. The van der Waals surface area contributed by atoms with Crippen molar-refractivity contribution in [1.82, 2.24) is 10.6 Å². The maximum atomic E-state index is 8.81. The van der Waals surface area contributed by atoms with Gasteiger partial charge in [-0.3, -0.25) is 0 Å². The minimum absolute atomic E-state index is 0.125. The summed E-state index contributed by atoms with van der Waals surface area (Å²) in [5.41, 5.74) is -0.202. The highest BCUT2D eigenvalue weighted by Crippen LogP contribution is 2.17. The van der Waals surface area contributed by atoms with E-state index in [1.807, 2.05) is 12.2 Å². The molecule has 0 aliphatic heterocycles. The first-order chi connectivity index (χ1) is 7.23. The fraction of sp³-hybridized carbons (Fsp3) is 0.636. The summed E-state index contributed by atoms with van der Waals surface area (Å²) in [4.78, 5) is 0. The van der Waals surface area contributed by atoms with Crippen LogP contribution in [0.4, 0.5) is 0 Å². The highest BCUT2D eigenvalue weighted by atomic mass is 16.3. The van der Waals surface area contributed by atoms with E-state index >= 15 is 0 Å². The van der Waals surface area contributed by atoms with Crippen molar-refractivity contribution in [2.24, 2.45) is 0 Å². The van der Waals surface area contributed by atoms with Crippen molar-refractivity contribution in [1.29, 1.82) is 0 Å². The molecule has 0 fully saturated rings. The summed E-state index contributed by atoms with van der Waals surface area (Å²) in [6.07, 6.45) is 8.09. The van der Waals surface area contributed by atoms with Gasteiger partial charge in [-0.15, -0.1) is 0 Å². The number of aliphatic hydroxyl groups is 2. The molecular weight excluding hydrogens is 192 g/mol. The number of rotatable bonds is 6. The molecule has 0 aromatic heterocycles. The van der Waals surface area contributed by atoms with Gasteiger partial charge >= 0.3 is 0 Å². The monoisotopic (exact) mass is 212 g/mol. The van der Waals surface area contributed by atoms with Gasteiger partial charge < -0.3 is 20.8 Å². The average molecular weight is 212 g/mol. The molecule has 4 heteroatoms. The zero-order chi connectivity index (χ0) is 11.1. The van der Waals surface area contributed by atoms with Crippen LogP contribution < -0.4 is 10.6 Å². The smallest absolute Gasteiger partial charge is 0.0556 e. The first-order valence-electron chi connectivity index (χ1n) is 5.29. The summed E-state index contributed by atoms with van der Waals surface area (Å²) in [5.74, 6) is 0. The maximum absolute atomic E-state index is 8.81. The van der Waals surface area contributed by atoms with Crippen LogP contribution in [-0.4, -0.2) is 48.1 Å². The number of hydrogen-bond donors (Lipinski definition) is 4. The van der Waals surface area contributed by atoms with Crippen molar-refractivity contribution in [2.75, 3.05) is 26.3 Å². The Balaban J connectivity index is 2.57. The Morgan fingerprint density at radius 1 is 1.20 bits per heavy atom. The average Bonchev–Trinajstić information content (AvgIpc) is 2.25. The Hall–Kier alpha value is -0.680. The third-order valence-electron chi connectivity index (χ3n) is 2.60. The molecular formula is C11H20N2O2. The quantitative estimate of drug-likeness (QED) is 0.475. The Kier molecular flexibility index (Phi) is 4.98. The Morgan fingerprint density at radius 2 is 1.93 bits per heavy atom. The molecule has 4 N–H and O–H groups in total. The molecule has 1 aliphatic carbocycles. The molecule has 2 unspecified atom stereocenters. The molecule has 4 nitrogen and oxygen atoms in total. The normalized spacial score (nSPS) is 29.7. The summed E-state index contributed by atoms with van der Waals surface area (Å²) >= 11 is 0. The lowest BCUT2D eigenvalue weighted by Crippen LogP contribution is -2.57. The standard InChI is InChI=1S/C11H20N2O2/c1-11(13-7-9-15)5-3-2-4-10(11)12-6-8-14/h2-5,10,12-15H,6-9H2,1H3. The summed E-state index contributed by atoms with van der Waals surface area (Å²) in [7, 11) is 0. The number of nitrogens with one attached hydrogen (secondary N) is 2. The molecule has 0 saturated heterocycles. The molecule has 0 aromatic rings. The Bertz CT molecular complexity index is 241. The maximum Gasteiger partial charge on any atom is 0.0556 e. The molecule has 0 spiro atoms. The van der Waals surface area contributed by atoms with E-state index < -0.39 is 0 Å². The predicted octanol–water partition coefficient (Wildman–Crippen LogP) is -0.596. The molecule has 2 atom stereocenters. The number of allylic oxidation sites excluding steroid dienone is 2. The number of aliphatic hydroxyl groups excluding tert-OH is 2. The zero-order valence-corrected chi connectivity index (χ0v) is 9.11. The second kappa shape index (κ2) is 6.02. The van der Waals surface area contributed by atoms with Crippen LogP contribution in [0.15, 0.2) is 24.3 Å². The molecule has 0 heterocycles. The molecule has 0 aromatic carbocycles. The van der Waals surface area contributed by atoms with E-state index in [9.17, 15) is 0 Å². The topological polar surface area (TPSA) is 64.5 Å². The van der Waals surface area contributed by atoms with Crippen LogP contribution in [0, 0.1) is 0 Å². The molecule has 0 saturated carbocycles. The highest BCUT2D eigenvalue weighted by molar-refractivity contribution is 5.26. The molecule has 1 rings (SSSR count). The first kappa shape index (κ1) is 12.4. The number of hydrogen-bond acceptors (Lipinski definition) is 4. The van der Waals surface area contributed by atoms with E-state index in [2.05, 4.69) is 29.7 Å². The zero-order valence-electron chi connectivity index (χ0n) is 9.11. The first-order valence-corrected chi connectivity index (χ1v) is 5.29. The molecule has 0 radical (unpaired) electrons. The fourth-order valence-corrected chi connectivity index (χ4v) is 1.73. The largest absolute Gasteiger partial charge is 0.395 e. The van der Waals surface area contributed by atoms with Gasteiger partial charge in [-0.1, -0.05) is 24.3 Å². The van der Waals surface area contributed by atoms with Crippen LogP contribution in [0.5, 0.6) is 0 Å². The third-order valence-corrected chi connectivity index (χ3v) is 2.60. The summed E-state index contributed by atoms with van der Waals surface area (Å²) in [5, 5.41) is 24.1. The van der Waals surface area contributed by atoms with E-state index in [-0.39, 0.29) is 24.8 Å². The van der Waals surface area contributed by atoms with Crippen LogP contribution in [0.1, 0.15) is 6.92 Å². The van der Waals surface area contributed by atoms with Gasteiger partial charge in [0.25, 0.3) is 0 Å². The minimum atomic E-state index is -0.202. The van der Waals surface area contributed by atoms with E-state index in [0.29, 0.717) is 13.1 Å². The lowest BCUT2D eigenvalue weighted by Gasteiger charge is -2.36. The van der Waals surface area contributed by atoms with Crippen LogP contribution in [-0.2, 0) is 0 Å². The fourth-order valence-electron chi connectivity index (χ4n) is 1.73. The van der Waals surface area contributed by atoms with Crippen LogP contribution >= 0.6 is 0 Å².